The molecule has 10 heteroatoms. The topological polar surface area (TPSA) is 115 Å². The van der Waals surface area contributed by atoms with Crippen molar-refractivity contribution in [3.8, 4) is 0 Å². The average molecular weight is 395 g/mol. The highest BCUT2D eigenvalue weighted by Gasteiger charge is 2.32. The molecule has 0 aliphatic carbocycles. The third kappa shape index (κ3) is 4.68. The van der Waals surface area contributed by atoms with E-state index in [0.29, 0.717) is 0 Å². The van der Waals surface area contributed by atoms with Gasteiger partial charge in [0, 0.05) is 24.8 Å². The molecule has 1 aromatic heterocycles. The summed E-state index contributed by atoms with van der Waals surface area (Å²) in [6.07, 6.45) is 1.72. The van der Waals surface area contributed by atoms with Gasteiger partial charge in [-0.25, -0.2) is 24.4 Å². The van der Waals surface area contributed by atoms with Crippen molar-refractivity contribution in [2.24, 2.45) is 0 Å². The van der Waals surface area contributed by atoms with Crippen LogP contribution in [0.5, 0.6) is 0 Å². The molecule has 0 saturated carbocycles. The number of halogens is 1. The van der Waals surface area contributed by atoms with E-state index in [2.05, 4.69) is 10.3 Å². The molecule has 0 aromatic carbocycles. The molecule has 154 valence electrons. The van der Waals surface area contributed by atoms with E-state index in [1.807, 2.05) is 19.3 Å². The normalized spacial score (nSPS) is 19.8. The van der Waals surface area contributed by atoms with Crippen LogP contribution in [0.2, 0.25) is 0 Å². The first-order valence-electron chi connectivity index (χ1n) is 9.21. The van der Waals surface area contributed by atoms with E-state index >= 15 is 0 Å². The number of urea groups is 1. The van der Waals surface area contributed by atoms with Crippen LogP contribution < -0.4 is 10.7 Å². The maximum Gasteiger partial charge on any atom is 0.423 e. The SMILES string of the molecule is CCN(NC(=O)O)C(=O)N[C@H](C)c1ncc(C(=O)N2[C@H](C)CC[C@@H]2C)cc1F. The third-order valence-corrected chi connectivity index (χ3v) is 4.85. The number of likely N-dealkylation sites (tertiary alicyclic amines) is 1. The summed E-state index contributed by atoms with van der Waals surface area (Å²) in [7, 11) is 0. The number of carboxylic acid groups (broad SMARTS) is 1. The Morgan fingerprint density at radius 1 is 1.36 bits per heavy atom. The first-order valence-corrected chi connectivity index (χ1v) is 9.21. The van der Waals surface area contributed by atoms with E-state index in [0.717, 1.165) is 23.9 Å². The van der Waals surface area contributed by atoms with Crippen LogP contribution in [0.4, 0.5) is 14.0 Å². The second kappa shape index (κ2) is 8.85. The van der Waals surface area contributed by atoms with Gasteiger partial charge in [0.05, 0.1) is 17.3 Å². The Labute approximate surface area is 162 Å². The molecule has 1 aliphatic heterocycles. The van der Waals surface area contributed by atoms with Gasteiger partial charge in [-0.1, -0.05) is 0 Å². The Hall–Kier alpha value is -2.91. The van der Waals surface area contributed by atoms with E-state index < -0.39 is 24.0 Å². The van der Waals surface area contributed by atoms with E-state index in [1.165, 1.54) is 13.1 Å². The van der Waals surface area contributed by atoms with Gasteiger partial charge >= 0.3 is 12.1 Å². The minimum atomic E-state index is -1.39. The summed E-state index contributed by atoms with van der Waals surface area (Å²) < 4.78 is 14.6. The smallest absolute Gasteiger partial charge is 0.423 e. The Bertz CT molecular complexity index is 749. The number of pyridine rings is 1. The summed E-state index contributed by atoms with van der Waals surface area (Å²) >= 11 is 0. The van der Waals surface area contributed by atoms with Crippen LogP contribution in [0.25, 0.3) is 0 Å². The molecular formula is C18H26FN5O4. The Morgan fingerprint density at radius 3 is 2.46 bits per heavy atom. The van der Waals surface area contributed by atoms with Crippen molar-refractivity contribution in [1.29, 1.82) is 0 Å². The Balaban J connectivity index is 2.12. The van der Waals surface area contributed by atoms with Gasteiger partial charge in [0.1, 0.15) is 5.82 Å². The quantitative estimate of drug-likeness (QED) is 0.678. The van der Waals surface area contributed by atoms with Gasteiger partial charge in [-0.2, -0.15) is 0 Å². The van der Waals surface area contributed by atoms with Gasteiger partial charge in [0.15, 0.2) is 0 Å². The van der Waals surface area contributed by atoms with E-state index in [1.54, 1.807) is 11.8 Å². The number of nitrogens with zero attached hydrogens (tertiary/aromatic N) is 3. The number of aromatic nitrogens is 1. The minimum Gasteiger partial charge on any atom is -0.464 e. The molecule has 1 saturated heterocycles. The maximum atomic E-state index is 14.6. The Kier molecular flexibility index (Phi) is 6.76. The highest BCUT2D eigenvalue weighted by molar-refractivity contribution is 5.94. The fraction of sp³-hybridized carbons (Fsp3) is 0.556. The standard InChI is InChI=1S/C18H26FN5O4/c1-5-23(22-18(27)28)17(26)21-12(4)15-14(19)8-13(9-20-15)16(25)24-10(2)6-7-11(24)3/h8-12,22H,5-7H2,1-4H3,(H,21,26)(H,27,28)/t10-,11+,12-/m1/s1. The first-order chi connectivity index (χ1) is 13.1. The van der Waals surface area contributed by atoms with Crippen LogP contribution in [0.3, 0.4) is 0 Å². The van der Waals surface area contributed by atoms with Gasteiger partial charge in [0.2, 0.25) is 0 Å². The highest BCUT2D eigenvalue weighted by Crippen LogP contribution is 2.26. The van der Waals surface area contributed by atoms with Crippen molar-refractivity contribution in [2.45, 2.75) is 58.7 Å². The number of nitrogens with one attached hydrogen (secondary N) is 2. The molecule has 0 radical (unpaired) electrons. The summed E-state index contributed by atoms with van der Waals surface area (Å²) in [5.41, 5.74) is 2.05. The summed E-state index contributed by atoms with van der Waals surface area (Å²) in [6, 6.07) is -0.266. The van der Waals surface area contributed by atoms with Crippen LogP contribution in [-0.4, -0.2) is 56.7 Å². The summed E-state index contributed by atoms with van der Waals surface area (Å²) in [5, 5.41) is 12.0. The highest BCUT2D eigenvalue weighted by atomic mass is 19.1. The minimum absolute atomic E-state index is 0.0428. The molecule has 28 heavy (non-hydrogen) atoms. The number of hydrogen-bond acceptors (Lipinski definition) is 4. The molecule has 0 unspecified atom stereocenters. The second-order valence-electron chi connectivity index (χ2n) is 6.91. The van der Waals surface area contributed by atoms with Crippen molar-refractivity contribution in [3.05, 3.63) is 29.3 Å². The molecule has 9 nitrogen and oxygen atoms in total. The molecule has 4 amide bonds. The zero-order valence-corrected chi connectivity index (χ0v) is 16.4. The first kappa shape index (κ1) is 21.4. The Morgan fingerprint density at radius 2 is 1.96 bits per heavy atom. The van der Waals surface area contributed by atoms with Crippen molar-refractivity contribution < 1.29 is 23.9 Å². The number of carbonyl (C=O) groups excluding carboxylic acids is 2. The summed E-state index contributed by atoms with van der Waals surface area (Å²) in [4.78, 5) is 41.3. The van der Waals surface area contributed by atoms with Crippen molar-refractivity contribution in [3.63, 3.8) is 0 Å². The molecular weight excluding hydrogens is 369 g/mol. The van der Waals surface area contributed by atoms with Crippen LogP contribution in [-0.2, 0) is 0 Å². The van der Waals surface area contributed by atoms with Gasteiger partial charge in [-0.05, 0) is 46.6 Å². The lowest BCUT2D eigenvalue weighted by Crippen LogP contribution is -2.50. The predicted molar refractivity (Wildman–Crippen MR) is 99.0 cm³/mol. The zero-order chi connectivity index (χ0) is 21.0. The fourth-order valence-corrected chi connectivity index (χ4v) is 3.35. The third-order valence-electron chi connectivity index (χ3n) is 4.85. The van der Waals surface area contributed by atoms with Crippen molar-refractivity contribution in [1.82, 2.24) is 25.6 Å². The summed E-state index contributed by atoms with van der Waals surface area (Å²) in [5.74, 6) is -0.984. The monoisotopic (exact) mass is 395 g/mol. The molecule has 1 fully saturated rings. The van der Waals surface area contributed by atoms with E-state index in [4.69, 9.17) is 5.11 Å². The lowest BCUT2D eigenvalue weighted by molar-refractivity contribution is 0.0691. The van der Waals surface area contributed by atoms with Crippen LogP contribution in [0.15, 0.2) is 12.3 Å². The van der Waals surface area contributed by atoms with Gasteiger partial charge in [0.25, 0.3) is 5.91 Å². The van der Waals surface area contributed by atoms with E-state index in [9.17, 15) is 18.8 Å². The van der Waals surface area contributed by atoms with E-state index in [-0.39, 0.29) is 35.8 Å². The number of amides is 4. The van der Waals surface area contributed by atoms with Crippen LogP contribution >= 0.6 is 0 Å². The molecule has 0 spiro atoms. The molecule has 2 rings (SSSR count). The molecule has 3 N–H and O–H groups in total. The number of carbonyl (C=O) groups is 3. The fourth-order valence-electron chi connectivity index (χ4n) is 3.35. The lowest BCUT2D eigenvalue weighted by atomic mass is 10.1. The van der Waals surface area contributed by atoms with Gasteiger partial charge in [-0.3, -0.25) is 9.78 Å². The van der Waals surface area contributed by atoms with Crippen molar-refractivity contribution in [2.75, 3.05) is 6.54 Å². The van der Waals surface area contributed by atoms with Crippen LogP contribution in [0.1, 0.15) is 62.6 Å². The van der Waals surface area contributed by atoms with Crippen LogP contribution in [0, 0.1) is 5.82 Å². The molecule has 2 heterocycles. The number of hydrogen-bond donors (Lipinski definition) is 3. The molecule has 0 bridgehead atoms. The molecule has 1 aromatic rings. The maximum absolute atomic E-state index is 14.6. The van der Waals surface area contributed by atoms with Gasteiger partial charge < -0.3 is 15.3 Å². The zero-order valence-electron chi connectivity index (χ0n) is 16.4. The lowest BCUT2D eigenvalue weighted by Gasteiger charge is -2.26. The summed E-state index contributed by atoms with van der Waals surface area (Å²) in [6.45, 7) is 7.10. The number of rotatable bonds is 4. The number of hydrazine groups is 1. The second-order valence-corrected chi connectivity index (χ2v) is 6.91. The predicted octanol–water partition coefficient (Wildman–Crippen LogP) is 2.51. The average Bonchev–Trinajstić information content (AvgIpc) is 2.96. The van der Waals surface area contributed by atoms with Crippen molar-refractivity contribution >= 4 is 18.0 Å². The molecule has 3 atom stereocenters. The molecule has 1 aliphatic rings. The van der Waals surface area contributed by atoms with Gasteiger partial charge in [-0.15, -0.1) is 0 Å². The largest absolute Gasteiger partial charge is 0.464 e.